The molecule has 0 radical (unpaired) electrons. The number of nitrogens with zero attached hydrogens (tertiary/aromatic N) is 3. The van der Waals surface area contributed by atoms with E-state index < -0.39 is 0 Å². The van der Waals surface area contributed by atoms with Crippen LogP contribution in [-0.2, 0) is 21.7 Å². The summed E-state index contributed by atoms with van der Waals surface area (Å²) in [6, 6.07) is 24.5. The fraction of sp³-hybridized carbons (Fsp3) is 0.554. The van der Waals surface area contributed by atoms with Crippen LogP contribution in [0, 0.1) is 0 Å². The Morgan fingerprint density at radius 1 is 0.400 bits per heavy atom. The van der Waals surface area contributed by atoms with Crippen molar-refractivity contribution < 1.29 is 0 Å². The van der Waals surface area contributed by atoms with Crippen LogP contribution in [0.4, 0.5) is 0 Å². The Balaban J connectivity index is 0.000000378. The average molecular weight is 834 g/mol. The molecule has 4 heteroatoms. The van der Waals surface area contributed by atoms with E-state index in [4.69, 9.17) is 0 Å². The van der Waals surface area contributed by atoms with Gasteiger partial charge in [0.2, 0.25) is 0 Å². The Kier molecular flexibility index (Phi) is 21.9. The van der Waals surface area contributed by atoms with Gasteiger partial charge in [0.05, 0.1) is 11.2 Å². The molecule has 0 amide bonds. The fourth-order valence-corrected chi connectivity index (χ4v) is 6.33. The molecule has 0 N–H and O–H groups in total. The van der Waals surface area contributed by atoms with E-state index in [1.54, 1.807) is 11.3 Å². The summed E-state index contributed by atoms with van der Waals surface area (Å²) in [5, 5.41) is 2.09. The first-order valence-electron chi connectivity index (χ1n) is 22.5. The highest BCUT2D eigenvalue weighted by Gasteiger charge is 2.17. The summed E-state index contributed by atoms with van der Waals surface area (Å²) in [4.78, 5) is 12.9. The summed E-state index contributed by atoms with van der Waals surface area (Å²) < 4.78 is 0. The van der Waals surface area contributed by atoms with Crippen molar-refractivity contribution in [1.29, 1.82) is 0 Å². The number of thiazole rings is 1. The standard InChI is InChI=1S/2C13H20.2C12H19N.C6H9NS/c1-10(2)11-6-8-12(9-7-11)13(3,4)5;1-10(2)11-7-6-8-12(9-11)13(3,4)5;1-9(2)10-6-11(8-13-7-10)12(3,4)5;1-9(2)10-6-7-11(13-8-10)12(3,4)5;1-5(2)6-3-8-4-7-6/h2*6-10H,1-5H3;2*6-9H,1-5H3;3-5H,1-2H3. The molecule has 332 valence electrons. The van der Waals surface area contributed by atoms with Gasteiger partial charge in [-0.05, 0) is 90.8 Å². The second-order valence-corrected chi connectivity index (χ2v) is 22.6. The molecule has 2 aromatic carbocycles. The maximum Gasteiger partial charge on any atom is 0.0794 e. The topological polar surface area (TPSA) is 38.7 Å². The largest absolute Gasteiger partial charge is 0.264 e. The SMILES string of the molecule is CC(C)c1ccc(C(C)(C)C)cc1.CC(C)c1ccc(C(C)(C)C)nc1.CC(C)c1cccc(C(C)(C)C)c1.CC(C)c1cncc(C(C)(C)C)c1.CC(C)c1cscn1. The Morgan fingerprint density at radius 2 is 0.883 bits per heavy atom. The lowest BCUT2D eigenvalue weighted by atomic mass is 9.85. The van der Waals surface area contributed by atoms with Crippen molar-refractivity contribution in [2.45, 2.75) is 204 Å². The van der Waals surface area contributed by atoms with Crippen LogP contribution in [0.25, 0.3) is 0 Å². The second kappa shape index (κ2) is 24.1. The van der Waals surface area contributed by atoms with Gasteiger partial charge < -0.3 is 0 Å². The number of pyridine rings is 2. The Morgan fingerprint density at radius 3 is 1.25 bits per heavy atom. The third kappa shape index (κ3) is 20.3. The van der Waals surface area contributed by atoms with Gasteiger partial charge in [-0.3, -0.25) is 9.97 Å². The first kappa shape index (κ1) is 54.4. The van der Waals surface area contributed by atoms with Gasteiger partial charge in [-0.25, -0.2) is 4.98 Å². The highest BCUT2D eigenvalue weighted by atomic mass is 32.1. The van der Waals surface area contributed by atoms with E-state index in [9.17, 15) is 0 Å². The Hall–Kier alpha value is -3.63. The van der Waals surface area contributed by atoms with E-state index >= 15 is 0 Å². The zero-order valence-electron chi connectivity index (χ0n) is 42.4. The van der Waals surface area contributed by atoms with Crippen molar-refractivity contribution in [3.05, 3.63) is 147 Å². The number of rotatable bonds is 5. The molecule has 0 aliphatic rings. The molecule has 3 aromatic heterocycles. The quantitative estimate of drug-likeness (QED) is 0.177. The summed E-state index contributed by atoms with van der Waals surface area (Å²) in [5.74, 6) is 2.98. The molecule has 0 fully saturated rings. The van der Waals surface area contributed by atoms with Crippen molar-refractivity contribution >= 4 is 11.3 Å². The minimum atomic E-state index is 0.162. The highest BCUT2D eigenvalue weighted by Crippen LogP contribution is 2.27. The molecule has 0 aliphatic heterocycles. The molecule has 0 saturated carbocycles. The van der Waals surface area contributed by atoms with E-state index in [0.29, 0.717) is 29.6 Å². The summed E-state index contributed by atoms with van der Waals surface area (Å²) in [5.41, 5.74) is 14.8. The van der Waals surface area contributed by atoms with Crippen molar-refractivity contribution in [2.24, 2.45) is 0 Å². The summed E-state index contributed by atoms with van der Waals surface area (Å²) in [6.07, 6.45) is 5.91. The van der Waals surface area contributed by atoms with Gasteiger partial charge in [0.25, 0.3) is 0 Å². The van der Waals surface area contributed by atoms with Gasteiger partial charge in [-0.1, -0.05) is 213 Å². The Labute approximate surface area is 374 Å². The van der Waals surface area contributed by atoms with E-state index in [0.717, 1.165) is 5.69 Å². The van der Waals surface area contributed by atoms with Gasteiger partial charge in [0.1, 0.15) is 0 Å². The molecular formula is C56H87N3S. The lowest BCUT2D eigenvalue weighted by molar-refractivity contribution is 0.567. The van der Waals surface area contributed by atoms with Crippen LogP contribution in [0.5, 0.6) is 0 Å². The van der Waals surface area contributed by atoms with Gasteiger partial charge in [0.15, 0.2) is 0 Å². The molecule has 0 saturated heterocycles. The smallest absolute Gasteiger partial charge is 0.0794 e. The van der Waals surface area contributed by atoms with Crippen LogP contribution < -0.4 is 0 Å². The van der Waals surface area contributed by atoms with Crippen LogP contribution >= 0.6 is 11.3 Å². The van der Waals surface area contributed by atoms with E-state index in [2.05, 4.69) is 239 Å². The van der Waals surface area contributed by atoms with Gasteiger partial charge in [-0.2, -0.15) is 0 Å². The molecule has 3 nitrogen and oxygen atoms in total. The van der Waals surface area contributed by atoms with Gasteiger partial charge in [0, 0.05) is 35.1 Å². The first-order valence-corrected chi connectivity index (χ1v) is 23.4. The number of aromatic nitrogens is 3. The normalized spacial score (nSPS) is 11.9. The first-order chi connectivity index (χ1) is 27.4. The van der Waals surface area contributed by atoms with Gasteiger partial charge >= 0.3 is 0 Å². The monoisotopic (exact) mass is 834 g/mol. The molecule has 60 heavy (non-hydrogen) atoms. The van der Waals surface area contributed by atoms with E-state index in [1.807, 2.05) is 24.1 Å². The van der Waals surface area contributed by atoms with Crippen molar-refractivity contribution in [2.75, 3.05) is 0 Å². The summed E-state index contributed by atoms with van der Waals surface area (Å²) in [7, 11) is 0. The van der Waals surface area contributed by atoms with E-state index in [-0.39, 0.29) is 21.7 Å². The van der Waals surface area contributed by atoms with Crippen LogP contribution in [-0.4, -0.2) is 15.0 Å². The second-order valence-electron chi connectivity index (χ2n) is 21.9. The lowest BCUT2D eigenvalue weighted by Crippen LogP contribution is -2.13. The zero-order valence-corrected chi connectivity index (χ0v) is 43.2. The molecular weight excluding hydrogens is 747 g/mol. The lowest BCUT2D eigenvalue weighted by Gasteiger charge is -2.20. The molecule has 0 unspecified atom stereocenters. The molecule has 5 rings (SSSR count). The van der Waals surface area contributed by atoms with Crippen molar-refractivity contribution in [1.82, 2.24) is 15.0 Å². The number of hydrogen-bond acceptors (Lipinski definition) is 4. The summed E-state index contributed by atoms with van der Waals surface area (Å²) >= 11 is 1.66. The molecule has 0 bridgehead atoms. The van der Waals surface area contributed by atoms with Crippen LogP contribution in [0.2, 0.25) is 0 Å². The van der Waals surface area contributed by atoms with Crippen LogP contribution in [0.3, 0.4) is 0 Å². The molecule has 5 aromatic rings. The van der Waals surface area contributed by atoms with E-state index in [1.165, 1.54) is 44.6 Å². The molecule has 0 aliphatic carbocycles. The number of benzene rings is 2. The highest BCUT2D eigenvalue weighted by molar-refractivity contribution is 7.07. The Bertz CT molecular complexity index is 1760. The molecule has 3 heterocycles. The number of hydrogen-bond donors (Lipinski definition) is 0. The third-order valence-corrected chi connectivity index (χ3v) is 11.0. The van der Waals surface area contributed by atoms with Crippen LogP contribution in [0.15, 0.2) is 96.2 Å². The minimum absolute atomic E-state index is 0.162. The molecule has 0 atom stereocenters. The van der Waals surface area contributed by atoms with Crippen molar-refractivity contribution in [3.8, 4) is 0 Å². The maximum atomic E-state index is 4.47. The molecule has 0 spiro atoms. The van der Waals surface area contributed by atoms with Crippen molar-refractivity contribution in [3.63, 3.8) is 0 Å². The predicted octanol–water partition coefficient (Wildman–Crippen LogP) is 17.5. The maximum absolute atomic E-state index is 4.47. The summed E-state index contributed by atoms with van der Waals surface area (Å²) in [6.45, 7) is 48.7. The predicted molar refractivity (Wildman–Crippen MR) is 269 cm³/mol. The minimum Gasteiger partial charge on any atom is -0.264 e. The fourth-order valence-electron chi connectivity index (χ4n) is 5.61. The van der Waals surface area contributed by atoms with Crippen LogP contribution in [0.1, 0.15) is 232 Å². The third-order valence-electron chi connectivity index (χ3n) is 10.4. The van der Waals surface area contributed by atoms with Gasteiger partial charge in [-0.15, -0.1) is 11.3 Å². The average Bonchev–Trinajstić information content (AvgIpc) is 3.71. The zero-order chi connectivity index (χ0) is 46.2.